The number of nitro groups is 1. The van der Waals surface area contributed by atoms with Crippen molar-refractivity contribution in [2.75, 3.05) is 62.8 Å². The molecule has 5 aromatic carbocycles. The summed E-state index contributed by atoms with van der Waals surface area (Å²) in [7, 11) is -0.845. The Hall–Kier alpha value is -5.35. The van der Waals surface area contributed by atoms with Gasteiger partial charge in [-0.3, -0.25) is 19.8 Å². The Kier molecular flexibility index (Phi) is 13.6. The van der Waals surface area contributed by atoms with Crippen LogP contribution in [-0.4, -0.2) is 87.7 Å². The number of hydrogen-bond acceptors (Lipinski definition) is 10. The number of carbonyl (C=O) groups excluding carboxylic acids is 1. The van der Waals surface area contributed by atoms with Crippen LogP contribution in [0.3, 0.4) is 0 Å². The van der Waals surface area contributed by atoms with E-state index in [0.717, 1.165) is 45.9 Å². The number of amides is 1. The molecule has 298 valence electrons. The van der Waals surface area contributed by atoms with E-state index in [0.29, 0.717) is 51.4 Å². The van der Waals surface area contributed by atoms with E-state index in [2.05, 4.69) is 34.5 Å². The molecule has 0 unspecified atom stereocenters. The Morgan fingerprint density at radius 2 is 1.51 bits per heavy atom. The molecule has 1 aliphatic rings. The zero-order valence-electron chi connectivity index (χ0n) is 31.6. The molecule has 11 nitrogen and oxygen atoms in total. The Balaban J connectivity index is 1.11. The number of carbonyl (C=O) groups is 1. The molecule has 1 fully saturated rings. The van der Waals surface area contributed by atoms with Gasteiger partial charge in [-0.2, -0.15) is 0 Å². The number of nitrogens with one attached hydrogen (secondary N) is 2. The van der Waals surface area contributed by atoms with E-state index in [4.69, 9.17) is 0 Å². The lowest BCUT2D eigenvalue weighted by molar-refractivity contribution is -0.384. The second-order valence-corrected chi connectivity index (χ2v) is 16.8. The van der Waals surface area contributed by atoms with Crippen LogP contribution in [0.5, 0.6) is 0 Å². The van der Waals surface area contributed by atoms with Gasteiger partial charge >= 0.3 is 0 Å². The summed E-state index contributed by atoms with van der Waals surface area (Å²) in [6, 6.07) is 32.5. The summed E-state index contributed by atoms with van der Waals surface area (Å²) < 4.78 is 59.5. The van der Waals surface area contributed by atoms with Gasteiger partial charge < -0.3 is 15.1 Å². The van der Waals surface area contributed by atoms with Crippen molar-refractivity contribution >= 4 is 44.8 Å². The van der Waals surface area contributed by atoms with Crippen LogP contribution in [0.4, 0.5) is 25.8 Å². The predicted octanol–water partition coefficient (Wildman–Crippen LogP) is 7.51. The number of hydrogen-bond donors (Lipinski definition) is 2. The lowest BCUT2D eigenvalue weighted by Crippen LogP contribution is -2.46. The van der Waals surface area contributed by atoms with Crippen LogP contribution in [-0.2, 0) is 16.6 Å². The first-order chi connectivity index (χ1) is 27.4. The van der Waals surface area contributed by atoms with Crippen molar-refractivity contribution in [3.8, 4) is 11.1 Å². The third-order valence-corrected chi connectivity index (χ3v) is 12.1. The number of benzene rings is 5. The van der Waals surface area contributed by atoms with Gasteiger partial charge in [-0.15, -0.1) is 11.8 Å². The highest BCUT2D eigenvalue weighted by atomic mass is 32.2. The van der Waals surface area contributed by atoms with Crippen LogP contribution in [0.15, 0.2) is 125 Å². The standard InChI is InChI=1S/C42H44F2N6O5S2/c1-47(2)20-19-33(29-56-34-14-7-4-8-15-34)45-39-18-17-35(27-40(39)50(52)53)57(54,55)46-42(51)32-25-37(43)41(38(44)26-32)49-23-21-48(22-24-49)28-31-13-9-10-16-36(31)30-11-5-3-6-12-30/h3-18,25-27,33,45H,19-24,28-29H2,1-2H3,(H,46,51)/t33-/m1/s1. The highest BCUT2D eigenvalue weighted by molar-refractivity contribution is 7.99. The van der Waals surface area contributed by atoms with Gasteiger partial charge in [0.05, 0.1) is 9.82 Å². The molecule has 1 amide bonds. The van der Waals surface area contributed by atoms with Crippen LogP contribution < -0.4 is 14.9 Å². The van der Waals surface area contributed by atoms with Crippen molar-refractivity contribution in [2.45, 2.75) is 28.8 Å². The maximum atomic E-state index is 15.5. The Labute approximate surface area is 335 Å². The number of nitrogens with zero attached hydrogens (tertiary/aromatic N) is 4. The van der Waals surface area contributed by atoms with E-state index in [1.165, 1.54) is 6.07 Å². The minimum absolute atomic E-state index is 0.111. The quantitative estimate of drug-likeness (QED) is 0.0587. The molecule has 1 aliphatic heterocycles. The average molecular weight is 815 g/mol. The number of thioether (sulfide) groups is 1. The first kappa shape index (κ1) is 41.3. The summed E-state index contributed by atoms with van der Waals surface area (Å²) in [6.07, 6.45) is 0.645. The third-order valence-electron chi connectivity index (χ3n) is 9.65. The predicted molar refractivity (Wildman–Crippen MR) is 221 cm³/mol. The van der Waals surface area contributed by atoms with Crippen molar-refractivity contribution in [3.63, 3.8) is 0 Å². The van der Waals surface area contributed by atoms with Crippen molar-refractivity contribution in [1.29, 1.82) is 0 Å². The molecule has 5 aromatic rings. The van der Waals surface area contributed by atoms with Crippen molar-refractivity contribution in [1.82, 2.24) is 14.5 Å². The molecule has 6 rings (SSSR count). The molecule has 0 spiro atoms. The molecule has 2 N–H and O–H groups in total. The van der Waals surface area contributed by atoms with Gasteiger partial charge in [0.15, 0.2) is 0 Å². The Bertz CT molecular complexity index is 2270. The molecule has 1 saturated heterocycles. The summed E-state index contributed by atoms with van der Waals surface area (Å²) in [5.74, 6) is -2.73. The fourth-order valence-electron chi connectivity index (χ4n) is 6.66. The molecular weight excluding hydrogens is 771 g/mol. The summed E-state index contributed by atoms with van der Waals surface area (Å²) >= 11 is 1.58. The van der Waals surface area contributed by atoms with E-state index in [1.807, 2.05) is 84.4 Å². The monoisotopic (exact) mass is 814 g/mol. The first-order valence-corrected chi connectivity index (χ1v) is 20.9. The van der Waals surface area contributed by atoms with E-state index in [-0.39, 0.29) is 17.4 Å². The lowest BCUT2D eigenvalue weighted by atomic mass is 9.99. The molecule has 1 atom stereocenters. The second kappa shape index (κ2) is 18.7. The summed E-state index contributed by atoms with van der Waals surface area (Å²) in [5.41, 5.74) is 2.11. The van der Waals surface area contributed by atoms with Crippen LogP contribution in [0.2, 0.25) is 0 Å². The number of rotatable bonds is 16. The zero-order valence-corrected chi connectivity index (χ0v) is 33.2. The molecule has 57 heavy (non-hydrogen) atoms. The largest absolute Gasteiger partial charge is 0.376 e. The van der Waals surface area contributed by atoms with E-state index in [1.54, 1.807) is 16.7 Å². The van der Waals surface area contributed by atoms with Gasteiger partial charge in [0.2, 0.25) is 0 Å². The molecule has 0 bridgehead atoms. The smallest absolute Gasteiger partial charge is 0.293 e. The maximum Gasteiger partial charge on any atom is 0.293 e. The second-order valence-electron chi connectivity index (χ2n) is 14.0. The zero-order chi connectivity index (χ0) is 40.5. The van der Waals surface area contributed by atoms with Gasteiger partial charge in [0.25, 0.3) is 21.6 Å². The van der Waals surface area contributed by atoms with E-state index < -0.39 is 48.6 Å². The molecular formula is C42H44F2N6O5S2. The van der Waals surface area contributed by atoms with E-state index in [9.17, 15) is 23.3 Å². The molecule has 15 heteroatoms. The van der Waals surface area contributed by atoms with Gasteiger partial charge in [-0.1, -0.05) is 72.8 Å². The highest BCUT2D eigenvalue weighted by Crippen LogP contribution is 2.32. The summed E-state index contributed by atoms with van der Waals surface area (Å²) in [4.78, 5) is 30.8. The van der Waals surface area contributed by atoms with E-state index >= 15 is 8.78 Å². The SMILES string of the molecule is CN(C)CC[C@H](CSc1ccccc1)Nc1ccc(S(=O)(=O)NC(=O)c2cc(F)c(N3CCN(Cc4ccccc4-c4ccccc4)CC3)c(F)c2)cc1[N+](=O)[O-]. The molecule has 0 saturated carbocycles. The summed E-state index contributed by atoms with van der Waals surface area (Å²) in [6.45, 7) is 3.08. The topological polar surface area (TPSA) is 128 Å². The first-order valence-electron chi connectivity index (χ1n) is 18.4. The van der Waals surface area contributed by atoms with Crippen LogP contribution in [0, 0.1) is 21.7 Å². The Morgan fingerprint density at radius 3 is 2.16 bits per heavy atom. The molecule has 1 heterocycles. The lowest BCUT2D eigenvalue weighted by Gasteiger charge is -2.36. The van der Waals surface area contributed by atoms with Crippen molar-refractivity contribution in [2.24, 2.45) is 0 Å². The van der Waals surface area contributed by atoms with Gasteiger partial charge in [0, 0.05) is 61.0 Å². The normalized spacial score (nSPS) is 14.0. The third kappa shape index (κ3) is 10.7. The number of anilines is 2. The number of halogens is 2. The molecule has 0 aromatic heterocycles. The van der Waals surface area contributed by atoms with Gasteiger partial charge in [-0.25, -0.2) is 21.9 Å². The van der Waals surface area contributed by atoms with Crippen molar-refractivity contribution in [3.05, 3.63) is 148 Å². The highest BCUT2D eigenvalue weighted by Gasteiger charge is 2.28. The molecule has 0 aliphatic carbocycles. The number of piperazine rings is 1. The minimum Gasteiger partial charge on any atom is -0.376 e. The average Bonchev–Trinajstić information content (AvgIpc) is 3.20. The number of nitro benzene ring substituents is 1. The summed E-state index contributed by atoms with van der Waals surface area (Å²) in [5, 5.41) is 15.4. The minimum atomic E-state index is -4.69. The maximum absolute atomic E-state index is 15.5. The van der Waals surface area contributed by atoms with Crippen LogP contribution in [0.1, 0.15) is 22.3 Å². The van der Waals surface area contributed by atoms with Crippen LogP contribution in [0.25, 0.3) is 11.1 Å². The molecule has 0 radical (unpaired) electrons. The fourth-order valence-corrected chi connectivity index (χ4v) is 8.65. The van der Waals surface area contributed by atoms with Crippen LogP contribution >= 0.6 is 11.8 Å². The van der Waals surface area contributed by atoms with Crippen molar-refractivity contribution < 1.29 is 26.9 Å². The Morgan fingerprint density at radius 1 is 0.877 bits per heavy atom. The van der Waals surface area contributed by atoms with Gasteiger partial charge in [-0.05, 0) is 80.1 Å². The van der Waals surface area contributed by atoms with Gasteiger partial charge in [0.1, 0.15) is 23.0 Å². The number of sulfonamides is 1. The fraction of sp³-hybridized carbons (Fsp3) is 0.262.